The number of aliphatic carboxylic acids is 1. The Labute approximate surface area is 90.2 Å². The van der Waals surface area contributed by atoms with E-state index in [0.29, 0.717) is 19.6 Å². The van der Waals surface area contributed by atoms with Gasteiger partial charge in [-0.1, -0.05) is 18.2 Å². The summed E-state index contributed by atoms with van der Waals surface area (Å²) in [4.78, 5) is 10.1. The van der Waals surface area contributed by atoms with Crippen molar-refractivity contribution < 1.29 is 19.4 Å². The Morgan fingerprint density at radius 2 is 1.87 bits per heavy atom. The second-order valence-corrected chi connectivity index (χ2v) is 2.70. The van der Waals surface area contributed by atoms with Crippen molar-refractivity contribution in [2.75, 3.05) is 13.2 Å². The normalized spacial score (nSPS) is 11.9. The van der Waals surface area contributed by atoms with Crippen LogP contribution in [0.2, 0.25) is 0 Å². The van der Waals surface area contributed by atoms with Gasteiger partial charge in [0.25, 0.3) is 0 Å². The molecule has 0 fully saturated rings. The molecule has 0 rings (SSSR count). The quantitative estimate of drug-likeness (QED) is 0.381. The van der Waals surface area contributed by atoms with Crippen molar-refractivity contribution in [3.8, 4) is 0 Å². The molecule has 4 heteroatoms. The Hall–Kier alpha value is -1.13. The fourth-order valence-electron chi connectivity index (χ4n) is 0.962. The van der Waals surface area contributed by atoms with E-state index in [1.165, 1.54) is 6.08 Å². The Balaban J connectivity index is 3.81. The van der Waals surface area contributed by atoms with Crippen LogP contribution in [0.1, 0.15) is 20.3 Å². The first-order valence-corrected chi connectivity index (χ1v) is 5.00. The van der Waals surface area contributed by atoms with Crippen molar-refractivity contribution in [1.29, 1.82) is 0 Å². The first kappa shape index (κ1) is 13.9. The average molecular weight is 214 g/mol. The highest BCUT2D eigenvalue weighted by atomic mass is 16.7. The Morgan fingerprint density at radius 1 is 1.27 bits per heavy atom. The number of carbonyl (C=O) groups is 1. The van der Waals surface area contributed by atoms with E-state index in [2.05, 4.69) is 0 Å². The van der Waals surface area contributed by atoms with E-state index in [4.69, 9.17) is 14.6 Å². The molecule has 1 N–H and O–H groups in total. The molecule has 4 nitrogen and oxygen atoms in total. The molecule has 0 unspecified atom stereocenters. The van der Waals surface area contributed by atoms with E-state index in [-0.39, 0.29) is 6.29 Å². The summed E-state index contributed by atoms with van der Waals surface area (Å²) in [7, 11) is 0. The molecule has 0 atom stereocenters. The minimum absolute atomic E-state index is 0.241. The van der Waals surface area contributed by atoms with Crippen molar-refractivity contribution in [1.82, 2.24) is 0 Å². The fraction of sp³-hybridized carbons (Fsp3) is 0.545. The van der Waals surface area contributed by atoms with Crippen molar-refractivity contribution in [2.24, 2.45) is 0 Å². The standard InChI is InChI=1S/C11H18O4/c1-3-14-11(15-4-2)9-7-5-6-8-10(12)13/h5-8,11H,3-4,9H2,1-2H3,(H,12,13)/b7-5+,8-6-. The number of hydrogen-bond donors (Lipinski definition) is 1. The number of ether oxygens (including phenoxy) is 2. The highest BCUT2D eigenvalue weighted by Crippen LogP contribution is 2.01. The smallest absolute Gasteiger partial charge is 0.328 e. The lowest BCUT2D eigenvalue weighted by Gasteiger charge is -2.14. The van der Waals surface area contributed by atoms with Crippen LogP contribution >= 0.6 is 0 Å². The fourth-order valence-corrected chi connectivity index (χ4v) is 0.962. The van der Waals surface area contributed by atoms with Crippen molar-refractivity contribution >= 4 is 5.97 Å². The number of carboxylic acid groups (broad SMARTS) is 1. The van der Waals surface area contributed by atoms with Crippen LogP contribution in [0.5, 0.6) is 0 Å². The lowest BCUT2D eigenvalue weighted by atomic mass is 10.3. The van der Waals surface area contributed by atoms with Crippen LogP contribution < -0.4 is 0 Å². The molecule has 0 heterocycles. The number of allylic oxidation sites excluding steroid dienone is 2. The molecule has 0 amide bonds. The van der Waals surface area contributed by atoms with Crippen molar-refractivity contribution in [3.05, 3.63) is 24.3 Å². The zero-order valence-electron chi connectivity index (χ0n) is 9.18. The molecule has 15 heavy (non-hydrogen) atoms. The molecule has 0 aromatic heterocycles. The molecule has 0 spiro atoms. The highest BCUT2D eigenvalue weighted by Gasteiger charge is 2.03. The SMILES string of the molecule is CCOC(C/C=C/C=C\C(=O)O)OCC. The molecule has 86 valence electrons. The average Bonchev–Trinajstić information content (AvgIpc) is 2.17. The Morgan fingerprint density at radius 3 is 2.33 bits per heavy atom. The molecule has 0 saturated heterocycles. The maximum atomic E-state index is 10.1. The van der Waals surface area contributed by atoms with Gasteiger partial charge < -0.3 is 14.6 Å². The van der Waals surface area contributed by atoms with Crippen LogP contribution in [0.25, 0.3) is 0 Å². The maximum Gasteiger partial charge on any atom is 0.328 e. The summed E-state index contributed by atoms with van der Waals surface area (Å²) in [6.07, 6.45) is 6.40. The zero-order chi connectivity index (χ0) is 11.5. The highest BCUT2D eigenvalue weighted by molar-refractivity contribution is 5.80. The summed E-state index contributed by atoms with van der Waals surface area (Å²) in [6.45, 7) is 5.01. The number of hydrogen-bond acceptors (Lipinski definition) is 3. The molecule has 0 radical (unpaired) electrons. The summed E-state index contributed by atoms with van der Waals surface area (Å²) >= 11 is 0. The van der Waals surface area contributed by atoms with Crippen LogP contribution in [0.3, 0.4) is 0 Å². The predicted molar refractivity (Wildman–Crippen MR) is 57.6 cm³/mol. The van der Waals surface area contributed by atoms with E-state index < -0.39 is 5.97 Å². The molecule has 0 aliphatic heterocycles. The third kappa shape index (κ3) is 9.18. The van der Waals surface area contributed by atoms with E-state index in [1.807, 2.05) is 19.9 Å². The minimum Gasteiger partial charge on any atom is -0.478 e. The first-order chi connectivity index (χ1) is 7.20. The van der Waals surface area contributed by atoms with Gasteiger partial charge >= 0.3 is 5.97 Å². The molecular formula is C11H18O4. The van der Waals surface area contributed by atoms with Crippen LogP contribution in [0, 0.1) is 0 Å². The van der Waals surface area contributed by atoms with Gasteiger partial charge in [0.1, 0.15) is 0 Å². The van der Waals surface area contributed by atoms with E-state index in [0.717, 1.165) is 6.08 Å². The van der Waals surface area contributed by atoms with Crippen molar-refractivity contribution in [2.45, 2.75) is 26.6 Å². The maximum absolute atomic E-state index is 10.1. The predicted octanol–water partition coefficient (Wildman–Crippen LogP) is 1.97. The van der Waals surface area contributed by atoms with E-state index >= 15 is 0 Å². The van der Waals surface area contributed by atoms with Gasteiger partial charge in [-0.3, -0.25) is 0 Å². The molecule has 0 saturated carbocycles. The van der Waals surface area contributed by atoms with Gasteiger partial charge in [0, 0.05) is 25.7 Å². The number of carboxylic acids is 1. The van der Waals surface area contributed by atoms with E-state index in [9.17, 15) is 4.79 Å². The van der Waals surface area contributed by atoms with Gasteiger partial charge in [0.15, 0.2) is 6.29 Å². The Kier molecular flexibility index (Phi) is 8.72. The van der Waals surface area contributed by atoms with Gasteiger partial charge in [-0.15, -0.1) is 0 Å². The molecule has 0 aromatic rings. The second kappa shape index (κ2) is 9.43. The monoisotopic (exact) mass is 214 g/mol. The minimum atomic E-state index is -0.953. The third-order valence-electron chi connectivity index (χ3n) is 1.52. The summed E-state index contributed by atoms with van der Waals surface area (Å²) in [5.74, 6) is -0.953. The van der Waals surface area contributed by atoms with Gasteiger partial charge in [0.05, 0.1) is 0 Å². The van der Waals surface area contributed by atoms with Gasteiger partial charge in [-0.05, 0) is 13.8 Å². The molecular weight excluding hydrogens is 196 g/mol. The van der Waals surface area contributed by atoms with Crippen LogP contribution in [-0.4, -0.2) is 30.6 Å². The summed E-state index contributed by atoms with van der Waals surface area (Å²) in [6, 6.07) is 0. The van der Waals surface area contributed by atoms with Gasteiger partial charge in [-0.2, -0.15) is 0 Å². The molecule has 0 aliphatic carbocycles. The summed E-state index contributed by atoms with van der Waals surface area (Å²) in [5.41, 5.74) is 0. The van der Waals surface area contributed by atoms with E-state index in [1.54, 1.807) is 6.08 Å². The lowest BCUT2D eigenvalue weighted by Crippen LogP contribution is -2.16. The zero-order valence-corrected chi connectivity index (χ0v) is 9.18. The third-order valence-corrected chi connectivity index (χ3v) is 1.52. The summed E-state index contributed by atoms with van der Waals surface area (Å²) in [5, 5.41) is 8.32. The van der Waals surface area contributed by atoms with Crippen LogP contribution in [0.4, 0.5) is 0 Å². The largest absolute Gasteiger partial charge is 0.478 e. The lowest BCUT2D eigenvalue weighted by molar-refractivity contribution is -0.133. The van der Waals surface area contributed by atoms with Gasteiger partial charge in [0.2, 0.25) is 0 Å². The van der Waals surface area contributed by atoms with Crippen molar-refractivity contribution in [3.63, 3.8) is 0 Å². The van der Waals surface area contributed by atoms with Crippen LogP contribution in [-0.2, 0) is 14.3 Å². The second-order valence-electron chi connectivity index (χ2n) is 2.70. The summed E-state index contributed by atoms with van der Waals surface area (Å²) < 4.78 is 10.6. The number of rotatable bonds is 8. The van der Waals surface area contributed by atoms with Crippen LogP contribution in [0.15, 0.2) is 24.3 Å². The molecule has 0 bridgehead atoms. The topological polar surface area (TPSA) is 55.8 Å². The first-order valence-electron chi connectivity index (χ1n) is 5.00. The Bertz CT molecular complexity index is 215. The van der Waals surface area contributed by atoms with Gasteiger partial charge in [-0.25, -0.2) is 4.79 Å². The molecule has 0 aromatic carbocycles. The molecule has 0 aliphatic rings.